The molecule has 7 nitrogen and oxygen atoms in total. The number of hydrogen-bond acceptors (Lipinski definition) is 6. The largest absolute Gasteiger partial charge is 0.435 e. The molecule has 0 atom stereocenters. The molecule has 14 heteroatoms. The third-order valence-corrected chi connectivity index (χ3v) is 6.76. The molecule has 0 radical (unpaired) electrons. The zero-order chi connectivity index (χ0) is 24.0. The van der Waals surface area contributed by atoms with E-state index in [-0.39, 0.29) is 23.1 Å². The molecule has 1 aliphatic carbocycles. The number of pyridine rings is 1. The Labute approximate surface area is 190 Å². The van der Waals surface area contributed by atoms with Gasteiger partial charge in [-0.05, 0) is 37.5 Å². The van der Waals surface area contributed by atoms with Crippen LogP contribution in [-0.4, -0.2) is 34.3 Å². The van der Waals surface area contributed by atoms with Gasteiger partial charge >= 0.3 is 12.4 Å². The van der Waals surface area contributed by atoms with Crippen molar-refractivity contribution in [2.45, 2.75) is 44.6 Å². The molecule has 1 fully saturated rings. The molecule has 0 amide bonds. The van der Waals surface area contributed by atoms with Crippen molar-refractivity contribution in [1.82, 2.24) is 34.3 Å². The molecule has 34 heavy (non-hydrogen) atoms. The van der Waals surface area contributed by atoms with E-state index < -0.39 is 23.7 Å². The van der Waals surface area contributed by atoms with Gasteiger partial charge in [0.05, 0.1) is 5.52 Å². The predicted molar refractivity (Wildman–Crippen MR) is 110 cm³/mol. The fourth-order valence-corrected chi connectivity index (χ4v) is 5.18. The molecule has 1 aliphatic rings. The van der Waals surface area contributed by atoms with Crippen molar-refractivity contribution in [2.75, 3.05) is 0 Å². The van der Waals surface area contributed by atoms with Crippen LogP contribution in [0.4, 0.5) is 26.3 Å². The number of thiophene rings is 1. The van der Waals surface area contributed by atoms with Crippen molar-refractivity contribution in [1.29, 1.82) is 0 Å². The summed E-state index contributed by atoms with van der Waals surface area (Å²) < 4.78 is 82.3. The molecule has 0 saturated heterocycles. The fourth-order valence-electron chi connectivity index (χ4n) is 4.00. The Morgan fingerprint density at radius 1 is 1.00 bits per heavy atom. The maximum Gasteiger partial charge on any atom is 0.435 e. The lowest BCUT2D eigenvalue weighted by molar-refractivity contribution is -0.142. The lowest BCUT2D eigenvalue weighted by atomic mass is 10.1. The van der Waals surface area contributed by atoms with Gasteiger partial charge in [0, 0.05) is 17.0 Å². The van der Waals surface area contributed by atoms with Gasteiger partial charge in [-0.15, -0.1) is 16.4 Å². The van der Waals surface area contributed by atoms with E-state index in [1.807, 2.05) is 0 Å². The van der Waals surface area contributed by atoms with Crippen molar-refractivity contribution in [3.63, 3.8) is 0 Å². The maximum atomic E-state index is 13.2. The number of alkyl halides is 6. The molecular weight excluding hydrogens is 484 g/mol. The standard InChI is InChI=1S/C20H13F6N7S/c1-8-4-11(19(21,22)23)28-18-14(8)15-16(34-18)17-29-13(31-33(17)7-27-15)6-32-10(9-2-3-9)5-12(30-32)20(24,25)26/h4-5,7,9H,2-3,6H2,1H3. The van der Waals surface area contributed by atoms with E-state index in [2.05, 4.69) is 25.1 Å². The van der Waals surface area contributed by atoms with Gasteiger partial charge in [-0.25, -0.2) is 19.5 Å². The van der Waals surface area contributed by atoms with Gasteiger partial charge in [0.2, 0.25) is 0 Å². The van der Waals surface area contributed by atoms with Crippen molar-refractivity contribution in [3.05, 3.63) is 46.9 Å². The average Bonchev–Trinajstić information content (AvgIpc) is 3.17. The van der Waals surface area contributed by atoms with E-state index in [0.29, 0.717) is 32.5 Å². The number of aryl methyl sites for hydroxylation is 1. The number of fused-ring (bicyclic) bond motifs is 5. The van der Waals surface area contributed by atoms with Crippen molar-refractivity contribution in [2.24, 2.45) is 0 Å². The quantitative estimate of drug-likeness (QED) is 0.314. The Morgan fingerprint density at radius 2 is 1.74 bits per heavy atom. The Bertz CT molecular complexity index is 1590. The first-order valence-corrected chi connectivity index (χ1v) is 11.0. The highest BCUT2D eigenvalue weighted by Gasteiger charge is 2.38. The zero-order valence-corrected chi connectivity index (χ0v) is 18.1. The molecule has 5 aromatic rings. The highest BCUT2D eigenvalue weighted by molar-refractivity contribution is 7.26. The van der Waals surface area contributed by atoms with Gasteiger partial charge in [0.25, 0.3) is 0 Å². The van der Waals surface area contributed by atoms with Crippen molar-refractivity contribution < 1.29 is 26.3 Å². The van der Waals surface area contributed by atoms with Crippen LogP contribution >= 0.6 is 11.3 Å². The second-order valence-corrected chi connectivity index (χ2v) is 9.21. The molecule has 176 valence electrons. The monoisotopic (exact) mass is 497 g/mol. The molecule has 0 unspecified atom stereocenters. The molecule has 1 saturated carbocycles. The van der Waals surface area contributed by atoms with E-state index in [1.165, 1.54) is 15.5 Å². The summed E-state index contributed by atoms with van der Waals surface area (Å²) in [7, 11) is 0. The van der Waals surface area contributed by atoms with Crippen LogP contribution in [-0.2, 0) is 18.9 Å². The number of aromatic nitrogens is 7. The average molecular weight is 497 g/mol. The molecule has 0 bridgehead atoms. The minimum Gasteiger partial charge on any atom is -0.261 e. The van der Waals surface area contributed by atoms with E-state index >= 15 is 0 Å². The number of nitrogens with zero attached hydrogens (tertiary/aromatic N) is 7. The highest BCUT2D eigenvalue weighted by atomic mass is 32.1. The van der Waals surface area contributed by atoms with Crippen LogP contribution < -0.4 is 0 Å². The summed E-state index contributed by atoms with van der Waals surface area (Å²) in [5, 5.41) is 8.53. The van der Waals surface area contributed by atoms with Crippen LogP contribution in [0.1, 0.15) is 47.2 Å². The van der Waals surface area contributed by atoms with Crippen LogP contribution in [0.3, 0.4) is 0 Å². The first-order valence-electron chi connectivity index (χ1n) is 10.2. The van der Waals surface area contributed by atoms with Crippen LogP contribution in [0.15, 0.2) is 18.5 Å². The normalized spacial score (nSPS) is 15.3. The van der Waals surface area contributed by atoms with Crippen molar-refractivity contribution >= 4 is 37.4 Å². The molecule has 0 spiro atoms. The number of rotatable bonds is 3. The van der Waals surface area contributed by atoms with Gasteiger partial charge in [-0.2, -0.15) is 31.4 Å². The number of halogens is 6. The third-order valence-electron chi connectivity index (χ3n) is 5.69. The molecule has 0 N–H and O–H groups in total. The SMILES string of the molecule is Cc1cc(C(F)(F)F)nc2sc3c(ncn4nc(Cn5nc(C(F)(F)F)cc5C5CC5)nc34)c12. The first kappa shape index (κ1) is 21.3. The lowest BCUT2D eigenvalue weighted by Crippen LogP contribution is -2.10. The highest BCUT2D eigenvalue weighted by Crippen LogP contribution is 2.42. The van der Waals surface area contributed by atoms with Crippen LogP contribution in [0, 0.1) is 6.92 Å². The summed E-state index contributed by atoms with van der Waals surface area (Å²) in [6, 6.07) is 2.04. The predicted octanol–water partition coefficient (Wildman–Crippen LogP) is 5.36. The summed E-state index contributed by atoms with van der Waals surface area (Å²) in [5.41, 5.74) is -0.307. The Morgan fingerprint density at radius 3 is 2.41 bits per heavy atom. The summed E-state index contributed by atoms with van der Waals surface area (Å²) in [6.45, 7) is 1.48. The molecular formula is C20H13F6N7S. The molecule has 5 heterocycles. The topological polar surface area (TPSA) is 73.8 Å². The second kappa shape index (κ2) is 6.87. The van der Waals surface area contributed by atoms with E-state index in [1.54, 1.807) is 6.92 Å². The van der Waals surface area contributed by atoms with Crippen LogP contribution in [0.2, 0.25) is 0 Å². The first-order chi connectivity index (χ1) is 16.0. The molecule has 6 rings (SSSR count). The zero-order valence-electron chi connectivity index (χ0n) is 17.2. The Kier molecular flexibility index (Phi) is 4.29. The van der Waals surface area contributed by atoms with Gasteiger partial charge in [0.1, 0.15) is 28.1 Å². The van der Waals surface area contributed by atoms with Gasteiger partial charge < -0.3 is 0 Å². The summed E-state index contributed by atoms with van der Waals surface area (Å²) in [5.74, 6) is 0.236. The van der Waals surface area contributed by atoms with Gasteiger partial charge in [0.15, 0.2) is 17.2 Å². The Balaban J connectivity index is 1.46. The summed E-state index contributed by atoms with van der Waals surface area (Å²) in [4.78, 5) is 12.7. The third kappa shape index (κ3) is 3.38. The smallest absolute Gasteiger partial charge is 0.261 e. The summed E-state index contributed by atoms with van der Waals surface area (Å²) in [6.07, 6.45) is -6.18. The minimum absolute atomic E-state index is 0.0217. The lowest BCUT2D eigenvalue weighted by Gasteiger charge is -2.06. The molecule has 0 aromatic carbocycles. The maximum absolute atomic E-state index is 13.2. The summed E-state index contributed by atoms with van der Waals surface area (Å²) >= 11 is 1.01. The van der Waals surface area contributed by atoms with Gasteiger partial charge in [-0.1, -0.05) is 0 Å². The van der Waals surface area contributed by atoms with Crippen LogP contribution in [0.5, 0.6) is 0 Å². The van der Waals surface area contributed by atoms with Crippen LogP contribution in [0.25, 0.3) is 26.1 Å². The second-order valence-electron chi connectivity index (χ2n) is 8.21. The van der Waals surface area contributed by atoms with E-state index in [0.717, 1.165) is 36.3 Å². The fraction of sp³-hybridized carbons (Fsp3) is 0.350. The van der Waals surface area contributed by atoms with E-state index in [4.69, 9.17) is 0 Å². The van der Waals surface area contributed by atoms with E-state index in [9.17, 15) is 26.3 Å². The molecule has 5 aromatic heterocycles. The Hall–Kier alpha value is -3.29. The number of hydrogen-bond donors (Lipinski definition) is 0. The van der Waals surface area contributed by atoms with Crippen molar-refractivity contribution in [3.8, 4) is 0 Å². The molecule has 0 aliphatic heterocycles. The minimum atomic E-state index is -4.59. The van der Waals surface area contributed by atoms with Gasteiger partial charge in [-0.3, -0.25) is 4.68 Å².